The second kappa shape index (κ2) is 8.94. The van der Waals surface area contributed by atoms with Crippen LogP contribution in [0.5, 0.6) is 0 Å². The van der Waals surface area contributed by atoms with Gasteiger partial charge in [-0.25, -0.2) is 4.79 Å². The number of piperazine rings is 1. The highest BCUT2D eigenvalue weighted by atomic mass is 35.5. The van der Waals surface area contributed by atoms with Crippen LogP contribution in [0.2, 0.25) is 5.28 Å². The number of rotatable bonds is 2. The zero-order valence-corrected chi connectivity index (χ0v) is 15.4. The van der Waals surface area contributed by atoms with Gasteiger partial charge < -0.3 is 20.3 Å². The maximum Gasteiger partial charge on any atom is 0.490 e. The first-order valence-corrected chi connectivity index (χ1v) is 8.34. The number of nitrogens with zero attached hydrogens (tertiary/aromatic N) is 4. The van der Waals surface area contributed by atoms with Crippen molar-refractivity contribution >= 4 is 34.7 Å². The summed E-state index contributed by atoms with van der Waals surface area (Å²) in [5, 5.41) is 10.5. The quantitative estimate of drug-likeness (QED) is 0.487. The summed E-state index contributed by atoms with van der Waals surface area (Å²) in [6, 6.07) is 0. The van der Waals surface area contributed by atoms with Gasteiger partial charge in [-0.1, -0.05) is 5.92 Å². The first-order chi connectivity index (χ1) is 13.1. The lowest BCUT2D eigenvalue weighted by atomic mass is 10.4. The number of halogens is 4. The Labute approximate surface area is 161 Å². The summed E-state index contributed by atoms with van der Waals surface area (Å²) in [6.45, 7) is 5.39. The Hall–Kier alpha value is -2.78. The number of aromatic nitrogens is 4. The number of carboxylic acid groups (broad SMARTS) is 1. The molecule has 152 valence electrons. The van der Waals surface area contributed by atoms with E-state index in [1.165, 1.54) is 4.57 Å². The Morgan fingerprint density at radius 1 is 1.32 bits per heavy atom. The number of aromatic amines is 1. The summed E-state index contributed by atoms with van der Waals surface area (Å²) >= 11 is 6.05. The topological polar surface area (TPSA) is 116 Å². The predicted molar refractivity (Wildman–Crippen MR) is 95.4 cm³/mol. The van der Waals surface area contributed by atoms with Gasteiger partial charge >= 0.3 is 12.1 Å². The van der Waals surface area contributed by atoms with Gasteiger partial charge in [-0.2, -0.15) is 23.1 Å². The van der Waals surface area contributed by atoms with Gasteiger partial charge in [0.25, 0.3) is 5.56 Å². The van der Waals surface area contributed by atoms with E-state index in [2.05, 4.69) is 37.0 Å². The summed E-state index contributed by atoms with van der Waals surface area (Å²) in [7, 11) is 0. The molecule has 0 radical (unpaired) electrons. The molecule has 3 rings (SSSR count). The fourth-order valence-electron chi connectivity index (χ4n) is 2.27. The minimum Gasteiger partial charge on any atom is -0.475 e. The first-order valence-electron chi connectivity index (χ1n) is 7.96. The van der Waals surface area contributed by atoms with E-state index in [-0.39, 0.29) is 17.4 Å². The second-order valence-electron chi connectivity index (χ2n) is 5.50. The van der Waals surface area contributed by atoms with Crippen LogP contribution in [0.15, 0.2) is 4.79 Å². The minimum atomic E-state index is -5.08. The lowest BCUT2D eigenvalue weighted by Gasteiger charge is -2.26. The number of hydrogen-bond acceptors (Lipinski definition) is 6. The van der Waals surface area contributed by atoms with Gasteiger partial charge in [-0.05, 0) is 18.5 Å². The molecule has 2 aromatic heterocycles. The molecule has 0 amide bonds. The summed E-state index contributed by atoms with van der Waals surface area (Å²) < 4.78 is 33.1. The maximum absolute atomic E-state index is 12.4. The van der Waals surface area contributed by atoms with Gasteiger partial charge in [0.2, 0.25) is 11.2 Å². The standard InChI is InChI=1S/C13H15ClN6O.C2HF3O2/c1-2-3-6-20-11(21)9-10(17-12(20)14)18-13(16-9)19-7-4-15-5-8-19;3-2(4,5)1(6)7/h15H,4-8H2,1H3,(H,16,18);(H,6,7). The maximum atomic E-state index is 12.4. The lowest BCUT2D eigenvalue weighted by Crippen LogP contribution is -2.44. The number of anilines is 1. The van der Waals surface area contributed by atoms with Gasteiger partial charge in [0.1, 0.15) is 0 Å². The fraction of sp³-hybridized carbons (Fsp3) is 0.467. The third-order valence-corrected chi connectivity index (χ3v) is 3.91. The monoisotopic (exact) mass is 420 g/mol. The SMILES string of the molecule is CC#CCn1c(Cl)nc2nc(N3CCNCC3)[nH]c2c1=O.O=C(O)C(F)(F)F. The number of nitrogens with one attached hydrogen (secondary N) is 2. The van der Waals surface area contributed by atoms with Crippen LogP contribution in [-0.4, -0.2) is 63.0 Å². The number of carboxylic acids is 1. The van der Waals surface area contributed by atoms with Crippen molar-refractivity contribution in [2.45, 2.75) is 19.6 Å². The molecule has 9 nitrogen and oxygen atoms in total. The molecule has 0 aromatic carbocycles. The van der Waals surface area contributed by atoms with Crippen molar-refractivity contribution in [3.63, 3.8) is 0 Å². The molecule has 1 aliphatic rings. The molecule has 0 spiro atoms. The fourth-order valence-corrected chi connectivity index (χ4v) is 2.49. The number of hydrogen-bond donors (Lipinski definition) is 3. The number of fused-ring (bicyclic) bond motifs is 1. The number of aliphatic carboxylic acids is 1. The average molecular weight is 421 g/mol. The highest BCUT2D eigenvalue weighted by Gasteiger charge is 2.38. The van der Waals surface area contributed by atoms with Crippen LogP contribution >= 0.6 is 11.6 Å². The second-order valence-corrected chi connectivity index (χ2v) is 5.84. The zero-order valence-electron chi connectivity index (χ0n) is 14.6. The van der Waals surface area contributed by atoms with Crippen molar-refractivity contribution in [2.24, 2.45) is 0 Å². The molecule has 0 unspecified atom stereocenters. The smallest absolute Gasteiger partial charge is 0.475 e. The molecule has 0 bridgehead atoms. The molecule has 0 atom stereocenters. The van der Waals surface area contributed by atoms with Gasteiger partial charge in [0.15, 0.2) is 11.2 Å². The molecule has 1 aliphatic heterocycles. The molecule has 3 heterocycles. The van der Waals surface area contributed by atoms with Crippen LogP contribution in [0, 0.1) is 11.8 Å². The van der Waals surface area contributed by atoms with E-state index in [4.69, 9.17) is 21.5 Å². The van der Waals surface area contributed by atoms with Crippen molar-refractivity contribution in [2.75, 3.05) is 31.1 Å². The van der Waals surface area contributed by atoms with E-state index in [1.54, 1.807) is 6.92 Å². The van der Waals surface area contributed by atoms with Crippen molar-refractivity contribution < 1.29 is 23.1 Å². The van der Waals surface area contributed by atoms with E-state index in [0.29, 0.717) is 17.1 Å². The summed E-state index contributed by atoms with van der Waals surface area (Å²) in [4.78, 5) is 35.0. The third kappa shape index (κ3) is 5.14. The molecule has 3 N–H and O–H groups in total. The van der Waals surface area contributed by atoms with Crippen LogP contribution in [0.3, 0.4) is 0 Å². The van der Waals surface area contributed by atoms with E-state index < -0.39 is 12.1 Å². The average Bonchev–Trinajstić information content (AvgIpc) is 3.06. The molecule has 1 saturated heterocycles. The van der Waals surface area contributed by atoms with Crippen molar-refractivity contribution in [1.29, 1.82) is 0 Å². The zero-order chi connectivity index (χ0) is 20.9. The molecule has 0 aliphatic carbocycles. The molecule has 0 saturated carbocycles. The third-order valence-electron chi connectivity index (χ3n) is 3.63. The first kappa shape index (κ1) is 21.5. The van der Waals surface area contributed by atoms with Crippen molar-refractivity contribution in [1.82, 2.24) is 24.8 Å². The summed E-state index contributed by atoms with van der Waals surface area (Å²) in [5.74, 6) is 3.46. The van der Waals surface area contributed by atoms with Gasteiger partial charge in [-0.15, -0.1) is 5.92 Å². The Kier molecular flexibility index (Phi) is 6.87. The molecular weight excluding hydrogens is 405 g/mol. The summed E-state index contributed by atoms with van der Waals surface area (Å²) in [5.41, 5.74) is 0.465. The van der Waals surface area contributed by atoms with Gasteiger partial charge in [0, 0.05) is 26.2 Å². The van der Waals surface area contributed by atoms with E-state index in [0.717, 1.165) is 26.2 Å². The van der Waals surface area contributed by atoms with Crippen molar-refractivity contribution in [3.8, 4) is 11.8 Å². The predicted octanol–water partition coefficient (Wildman–Crippen LogP) is 0.839. The van der Waals surface area contributed by atoms with Crippen LogP contribution in [0.25, 0.3) is 11.2 Å². The Bertz CT molecular complexity index is 970. The number of imidazole rings is 1. The number of H-pyrrole nitrogens is 1. The van der Waals surface area contributed by atoms with Crippen LogP contribution < -0.4 is 15.8 Å². The highest BCUT2D eigenvalue weighted by Crippen LogP contribution is 2.16. The van der Waals surface area contributed by atoms with E-state index >= 15 is 0 Å². The molecule has 13 heteroatoms. The van der Waals surface area contributed by atoms with E-state index in [9.17, 15) is 18.0 Å². The largest absolute Gasteiger partial charge is 0.490 e. The van der Waals surface area contributed by atoms with Crippen LogP contribution in [0.4, 0.5) is 19.1 Å². The van der Waals surface area contributed by atoms with Crippen LogP contribution in [-0.2, 0) is 11.3 Å². The van der Waals surface area contributed by atoms with E-state index in [1.807, 2.05) is 0 Å². The van der Waals surface area contributed by atoms with Crippen LogP contribution in [0.1, 0.15) is 6.92 Å². The number of carbonyl (C=O) groups is 1. The molecular formula is C15H16ClF3N6O3. The highest BCUT2D eigenvalue weighted by molar-refractivity contribution is 6.28. The molecule has 1 fully saturated rings. The molecule has 2 aromatic rings. The lowest BCUT2D eigenvalue weighted by molar-refractivity contribution is -0.192. The Morgan fingerprint density at radius 3 is 2.46 bits per heavy atom. The Balaban J connectivity index is 0.000000345. The van der Waals surface area contributed by atoms with Gasteiger partial charge in [0.05, 0.1) is 6.54 Å². The van der Waals surface area contributed by atoms with Gasteiger partial charge in [-0.3, -0.25) is 9.36 Å². The minimum absolute atomic E-state index is 0.105. The molecule has 28 heavy (non-hydrogen) atoms. The summed E-state index contributed by atoms with van der Waals surface area (Å²) in [6.07, 6.45) is -5.08. The van der Waals surface area contributed by atoms with Crippen molar-refractivity contribution in [3.05, 3.63) is 15.6 Å². The normalized spacial score (nSPS) is 14.1. The number of alkyl halides is 3. The Morgan fingerprint density at radius 2 is 1.93 bits per heavy atom.